The van der Waals surface area contributed by atoms with E-state index in [9.17, 15) is 4.79 Å². The van der Waals surface area contributed by atoms with Crippen LogP contribution in [0.5, 0.6) is 0 Å². The van der Waals surface area contributed by atoms with Crippen molar-refractivity contribution in [1.29, 1.82) is 0 Å². The molecule has 0 spiro atoms. The van der Waals surface area contributed by atoms with Crippen molar-refractivity contribution < 1.29 is 4.79 Å². The van der Waals surface area contributed by atoms with Gasteiger partial charge in [0, 0.05) is 53.4 Å². The fraction of sp³-hybridized carbons (Fsp3) is 0.0833. The van der Waals surface area contributed by atoms with Crippen LogP contribution in [0.15, 0.2) is 61.7 Å². The number of amides is 1. The van der Waals surface area contributed by atoms with Crippen LogP contribution in [0.4, 0.5) is 5.69 Å². The van der Waals surface area contributed by atoms with Crippen LogP contribution in [0, 0.1) is 6.92 Å². The molecule has 164 valence electrons. The minimum absolute atomic E-state index is 0.308. The summed E-state index contributed by atoms with van der Waals surface area (Å²) in [5.41, 5.74) is 5.91. The van der Waals surface area contributed by atoms with E-state index in [0.29, 0.717) is 27.0 Å². The predicted molar refractivity (Wildman–Crippen MR) is 132 cm³/mol. The second kappa shape index (κ2) is 8.03. The molecule has 0 saturated heterocycles. The van der Waals surface area contributed by atoms with Crippen LogP contribution in [0.1, 0.15) is 5.69 Å². The van der Waals surface area contributed by atoms with Gasteiger partial charge >= 0.3 is 0 Å². The van der Waals surface area contributed by atoms with E-state index in [4.69, 9.17) is 28.2 Å². The number of pyridine rings is 2. The monoisotopic (exact) mass is 476 g/mol. The van der Waals surface area contributed by atoms with Gasteiger partial charge in [-0.1, -0.05) is 29.8 Å². The van der Waals surface area contributed by atoms with Crippen molar-refractivity contribution in [2.45, 2.75) is 6.92 Å². The van der Waals surface area contributed by atoms with Crippen molar-refractivity contribution in [2.75, 3.05) is 5.32 Å². The van der Waals surface area contributed by atoms with Crippen LogP contribution < -0.4 is 5.32 Å². The second-order valence-electron chi connectivity index (χ2n) is 7.59. The van der Waals surface area contributed by atoms with Gasteiger partial charge in [0.05, 0.1) is 33.1 Å². The van der Waals surface area contributed by atoms with Gasteiger partial charge in [0.15, 0.2) is 0 Å². The van der Waals surface area contributed by atoms with Crippen molar-refractivity contribution in [1.82, 2.24) is 24.1 Å². The maximum Gasteiger partial charge on any atom is 0.247 e. The summed E-state index contributed by atoms with van der Waals surface area (Å²) in [5, 5.41) is 8.58. The Balaban J connectivity index is 1.73. The highest BCUT2D eigenvalue weighted by molar-refractivity contribution is 6.41. The lowest BCUT2D eigenvalue weighted by Crippen LogP contribution is -2.08. The Morgan fingerprint density at radius 2 is 2.00 bits per heavy atom. The van der Waals surface area contributed by atoms with Gasteiger partial charge in [0.1, 0.15) is 5.65 Å². The number of carbonyl (C=O) groups is 1. The van der Waals surface area contributed by atoms with Gasteiger partial charge in [-0.25, -0.2) is 4.98 Å². The highest BCUT2D eigenvalue weighted by atomic mass is 35.5. The molecule has 0 aliphatic rings. The molecule has 5 aromatic rings. The zero-order chi connectivity index (χ0) is 23.3. The Labute approximate surface area is 199 Å². The predicted octanol–water partition coefficient (Wildman–Crippen LogP) is 5.69. The molecule has 0 fully saturated rings. The van der Waals surface area contributed by atoms with E-state index in [1.807, 2.05) is 43.0 Å². The fourth-order valence-corrected chi connectivity index (χ4v) is 4.43. The molecular weight excluding hydrogens is 459 g/mol. The molecule has 1 amide bonds. The first-order valence-electron chi connectivity index (χ1n) is 10.1. The molecule has 1 N–H and O–H groups in total. The molecule has 1 aromatic carbocycles. The summed E-state index contributed by atoms with van der Waals surface area (Å²) in [6, 6.07) is 7.33. The number of rotatable bonds is 4. The van der Waals surface area contributed by atoms with Crippen LogP contribution in [0.3, 0.4) is 0 Å². The number of nitrogens with one attached hydrogen (secondary N) is 1. The quantitative estimate of drug-likeness (QED) is 0.338. The number of aryl methyl sites for hydroxylation is 2. The lowest BCUT2D eigenvalue weighted by atomic mass is 10.1. The van der Waals surface area contributed by atoms with Crippen molar-refractivity contribution in [2.24, 2.45) is 7.05 Å². The van der Waals surface area contributed by atoms with Gasteiger partial charge in [-0.05, 0) is 37.3 Å². The molecule has 0 radical (unpaired) electrons. The van der Waals surface area contributed by atoms with E-state index in [1.54, 1.807) is 23.0 Å². The normalized spacial score (nSPS) is 11.3. The summed E-state index contributed by atoms with van der Waals surface area (Å²) >= 11 is 13.2. The van der Waals surface area contributed by atoms with Crippen LogP contribution in [0.2, 0.25) is 10.0 Å². The van der Waals surface area contributed by atoms with E-state index in [1.165, 1.54) is 6.08 Å². The van der Waals surface area contributed by atoms with Crippen LogP contribution >= 0.6 is 23.2 Å². The number of fused-ring (bicyclic) bond motifs is 3. The second-order valence-corrected chi connectivity index (χ2v) is 8.38. The van der Waals surface area contributed by atoms with E-state index in [2.05, 4.69) is 28.0 Å². The molecule has 7 nitrogen and oxygen atoms in total. The largest absolute Gasteiger partial charge is 0.321 e. The number of nitrogens with zero attached hydrogens (tertiary/aromatic N) is 5. The number of aromatic nitrogens is 5. The summed E-state index contributed by atoms with van der Waals surface area (Å²) in [7, 11) is 1.87. The van der Waals surface area contributed by atoms with Gasteiger partial charge in [0.2, 0.25) is 5.91 Å². The Morgan fingerprint density at radius 3 is 2.73 bits per heavy atom. The van der Waals surface area contributed by atoms with Crippen molar-refractivity contribution in [3.05, 3.63) is 77.4 Å². The average Bonchev–Trinajstić information content (AvgIpc) is 3.39. The van der Waals surface area contributed by atoms with Crippen LogP contribution in [-0.2, 0) is 11.8 Å². The zero-order valence-electron chi connectivity index (χ0n) is 17.8. The lowest BCUT2D eigenvalue weighted by Gasteiger charge is -2.11. The number of halogens is 2. The molecule has 4 aromatic heterocycles. The van der Waals surface area contributed by atoms with E-state index >= 15 is 0 Å². The zero-order valence-corrected chi connectivity index (χ0v) is 19.3. The third-order valence-electron chi connectivity index (χ3n) is 5.50. The number of imidazole rings is 1. The summed E-state index contributed by atoms with van der Waals surface area (Å²) in [6.07, 6.45) is 8.67. The number of anilines is 1. The standard InChI is InChI=1S/C24H18Cl2N6O/c1-4-20(33)29-19-6-5-17(25)21(22(19)26)23-13(2)32-8-7-18-16(24(32)30-23)9-14(10-27-18)15-11-28-31(3)12-15/h4-12H,1H2,2-3H3,(H,29,33). The maximum absolute atomic E-state index is 11.8. The van der Waals surface area contributed by atoms with E-state index < -0.39 is 0 Å². The highest BCUT2D eigenvalue weighted by Gasteiger charge is 2.21. The van der Waals surface area contributed by atoms with Crippen LogP contribution in [0.25, 0.3) is 38.9 Å². The number of carbonyl (C=O) groups excluding carboxylic acids is 1. The molecular formula is C24H18Cl2N6O. The molecule has 0 bridgehead atoms. The third-order valence-corrected chi connectivity index (χ3v) is 6.21. The molecule has 4 heterocycles. The molecule has 0 aliphatic heterocycles. The number of hydrogen-bond donors (Lipinski definition) is 1. The number of benzene rings is 1. The minimum Gasteiger partial charge on any atom is -0.321 e. The van der Waals surface area contributed by atoms with Crippen molar-refractivity contribution >= 4 is 51.3 Å². The summed E-state index contributed by atoms with van der Waals surface area (Å²) in [6.45, 7) is 5.42. The first-order valence-corrected chi connectivity index (χ1v) is 10.8. The van der Waals surface area contributed by atoms with Gasteiger partial charge in [-0.15, -0.1) is 0 Å². The first kappa shape index (κ1) is 21.2. The molecule has 33 heavy (non-hydrogen) atoms. The van der Waals surface area contributed by atoms with Gasteiger partial charge < -0.3 is 9.72 Å². The Hall–Kier alpha value is -3.68. The summed E-state index contributed by atoms with van der Waals surface area (Å²) < 4.78 is 3.73. The lowest BCUT2D eigenvalue weighted by molar-refractivity contribution is -0.111. The molecule has 0 atom stereocenters. The smallest absolute Gasteiger partial charge is 0.247 e. The van der Waals surface area contributed by atoms with Crippen molar-refractivity contribution in [3.63, 3.8) is 0 Å². The van der Waals surface area contributed by atoms with E-state index in [-0.39, 0.29) is 5.91 Å². The Bertz CT molecular complexity index is 1580. The van der Waals surface area contributed by atoms with Gasteiger partial charge in [-0.3, -0.25) is 14.5 Å². The Kier molecular flexibility index (Phi) is 5.15. The van der Waals surface area contributed by atoms with Crippen molar-refractivity contribution in [3.8, 4) is 22.4 Å². The fourth-order valence-electron chi connectivity index (χ4n) is 3.83. The molecule has 0 aliphatic carbocycles. The highest BCUT2D eigenvalue weighted by Crippen LogP contribution is 2.41. The Morgan fingerprint density at radius 1 is 1.18 bits per heavy atom. The van der Waals surface area contributed by atoms with Crippen LogP contribution in [-0.4, -0.2) is 30.1 Å². The molecule has 0 unspecified atom stereocenters. The maximum atomic E-state index is 11.8. The summed E-state index contributed by atoms with van der Waals surface area (Å²) in [4.78, 5) is 21.4. The minimum atomic E-state index is -0.364. The van der Waals surface area contributed by atoms with Gasteiger partial charge in [0.25, 0.3) is 0 Å². The molecule has 9 heteroatoms. The average molecular weight is 477 g/mol. The van der Waals surface area contributed by atoms with Gasteiger partial charge in [-0.2, -0.15) is 5.10 Å². The number of hydrogen-bond acceptors (Lipinski definition) is 4. The van der Waals surface area contributed by atoms with E-state index in [0.717, 1.165) is 33.4 Å². The molecule has 0 saturated carbocycles. The summed E-state index contributed by atoms with van der Waals surface area (Å²) in [5.74, 6) is -0.364. The molecule has 5 rings (SSSR count). The first-order chi connectivity index (χ1) is 15.9. The topological polar surface area (TPSA) is 77.1 Å². The third kappa shape index (κ3) is 3.55. The SMILES string of the molecule is C=CC(=O)Nc1ccc(Cl)c(-c2nc3c4cc(-c5cnn(C)c5)cnc4ccn3c2C)c1Cl.